The quantitative estimate of drug-likeness (QED) is 0.709. The van der Waals surface area contributed by atoms with Crippen molar-refractivity contribution in [2.45, 2.75) is 20.4 Å². The van der Waals surface area contributed by atoms with Gasteiger partial charge in [0.2, 0.25) is 0 Å². The van der Waals surface area contributed by atoms with Gasteiger partial charge in [0, 0.05) is 18.1 Å². The Balaban J connectivity index is 1.95. The van der Waals surface area contributed by atoms with E-state index in [-0.39, 0.29) is 23.4 Å². The Kier molecular flexibility index (Phi) is 7.27. The van der Waals surface area contributed by atoms with Crippen molar-refractivity contribution in [2.75, 3.05) is 18.1 Å². The fourth-order valence-electron chi connectivity index (χ4n) is 1.96. The number of carbonyl (C=O) groups is 2. The highest BCUT2D eigenvalue weighted by atomic mass is 32.2. The Hall–Kier alpha value is -1.86. The van der Waals surface area contributed by atoms with Gasteiger partial charge in [-0.05, 0) is 19.4 Å². The van der Waals surface area contributed by atoms with Crippen molar-refractivity contribution in [2.24, 2.45) is 4.99 Å². The Morgan fingerprint density at radius 2 is 2.00 bits per heavy atom. The van der Waals surface area contributed by atoms with E-state index in [4.69, 9.17) is 4.74 Å². The molecular weight excluding hydrogens is 344 g/mol. The lowest BCUT2D eigenvalue weighted by Crippen LogP contribution is -2.18. The first-order chi connectivity index (χ1) is 11.6. The highest BCUT2D eigenvalue weighted by Crippen LogP contribution is 2.06. The minimum absolute atomic E-state index is 0.168. The molecule has 128 valence electrons. The Morgan fingerprint density at radius 1 is 1.25 bits per heavy atom. The van der Waals surface area contributed by atoms with Gasteiger partial charge in [0.25, 0.3) is 5.91 Å². The average molecular weight is 364 g/mol. The number of benzene rings is 1. The lowest BCUT2D eigenvalue weighted by molar-refractivity contribution is -0.139. The summed E-state index contributed by atoms with van der Waals surface area (Å²) in [5, 5.41) is 1.91. The van der Waals surface area contributed by atoms with Gasteiger partial charge in [-0.3, -0.25) is 9.59 Å². The second kappa shape index (κ2) is 9.44. The number of hydrogen-bond acceptors (Lipinski definition) is 5. The molecule has 7 heteroatoms. The van der Waals surface area contributed by atoms with Gasteiger partial charge >= 0.3 is 5.97 Å². The Morgan fingerprint density at radius 3 is 2.71 bits per heavy atom. The molecule has 1 heterocycles. The van der Waals surface area contributed by atoms with Crippen LogP contribution in [0.3, 0.4) is 0 Å². The largest absolute Gasteiger partial charge is 0.465 e. The number of aryl methyl sites for hydroxylation is 1. The van der Waals surface area contributed by atoms with E-state index in [0.29, 0.717) is 18.0 Å². The van der Waals surface area contributed by atoms with Crippen LogP contribution >= 0.6 is 23.1 Å². The molecule has 0 aliphatic rings. The highest BCUT2D eigenvalue weighted by Gasteiger charge is 2.06. The third-order valence-corrected chi connectivity index (χ3v) is 4.79. The molecule has 1 amide bonds. The minimum atomic E-state index is -0.305. The first-order valence-electron chi connectivity index (χ1n) is 7.59. The summed E-state index contributed by atoms with van der Waals surface area (Å²) in [7, 11) is 0. The molecule has 0 saturated heterocycles. The number of amides is 1. The fourth-order valence-corrected chi connectivity index (χ4v) is 3.30. The van der Waals surface area contributed by atoms with Crippen molar-refractivity contribution < 1.29 is 14.3 Å². The van der Waals surface area contributed by atoms with Crippen LogP contribution in [0.4, 0.5) is 0 Å². The molecule has 0 saturated carbocycles. The topological polar surface area (TPSA) is 60.7 Å². The maximum absolute atomic E-state index is 12.0. The number of aromatic nitrogens is 1. The Labute approximate surface area is 149 Å². The molecule has 0 aliphatic carbocycles. The summed E-state index contributed by atoms with van der Waals surface area (Å²) in [4.78, 5) is 28.0. The van der Waals surface area contributed by atoms with Crippen LogP contribution in [0.25, 0.3) is 0 Å². The SMILES string of the molecule is CCOC(=O)CSCC(=O)N=c1sccn1Cc1ccc(C)cc1. The first kappa shape index (κ1) is 18.5. The second-order valence-corrected chi connectivity index (χ2v) is 6.96. The number of rotatable bonds is 7. The molecule has 1 aromatic carbocycles. The number of carbonyl (C=O) groups excluding carboxylic acids is 2. The highest BCUT2D eigenvalue weighted by molar-refractivity contribution is 8.00. The van der Waals surface area contributed by atoms with Crippen LogP contribution in [-0.4, -0.2) is 34.6 Å². The summed E-state index contributed by atoms with van der Waals surface area (Å²) in [5.74, 6) is -0.213. The van der Waals surface area contributed by atoms with Crippen molar-refractivity contribution in [3.05, 3.63) is 51.8 Å². The fraction of sp³-hybridized carbons (Fsp3) is 0.353. The van der Waals surface area contributed by atoms with Gasteiger partial charge in [-0.25, -0.2) is 0 Å². The monoisotopic (exact) mass is 364 g/mol. The van der Waals surface area contributed by atoms with E-state index in [2.05, 4.69) is 36.2 Å². The van der Waals surface area contributed by atoms with Crippen molar-refractivity contribution in [3.63, 3.8) is 0 Å². The molecule has 5 nitrogen and oxygen atoms in total. The zero-order valence-electron chi connectivity index (χ0n) is 13.7. The molecule has 0 spiro atoms. The van der Waals surface area contributed by atoms with Crippen LogP contribution in [0.1, 0.15) is 18.1 Å². The molecule has 0 N–H and O–H groups in total. The molecular formula is C17H20N2O3S2. The summed E-state index contributed by atoms with van der Waals surface area (Å²) >= 11 is 2.64. The zero-order valence-corrected chi connectivity index (χ0v) is 15.4. The molecule has 0 unspecified atom stereocenters. The molecule has 0 aliphatic heterocycles. The smallest absolute Gasteiger partial charge is 0.315 e. The summed E-state index contributed by atoms with van der Waals surface area (Å²) in [5.41, 5.74) is 2.37. The molecule has 1 aromatic heterocycles. The van der Waals surface area contributed by atoms with Crippen LogP contribution in [0, 0.1) is 6.92 Å². The lowest BCUT2D eigenvalue weighted by Gasteiger charge is -2.04. The Bertz CT molecular complexity index is 748. The van der Waals surface area contributed by atoms with Crippen LogP contribution < -0.4 is 4.80 Å². The first-order valence-corrected chi connectivity index (χ1v) is 9.62. The van der Waals surface area contributed by atoms with Crippen LogP contribution in [0.15, 0.2) is 40.8 Å². The van der Waals surface area contributed by atoms with Crippen molar-refractivity contribution >= 4 is 35.0 Å². The van der Waals surface area contributed by atoms with Crippen LogP contribution in [-0.2, 0) is 20.9 Å². The normalized spacial score (nSPS) is 11.5. The van der Waals surface area contributed by atoms with E-state index in [1.165, 1.54) is 28.7 Å². The molecule has 2 aromatic rings. The number of ether oxygens (including phenoxy) is 1. The van der Waals surface area contributed by atoms with E-state index in [0.717, 1.165) is 5.56 Å². The summed E-state index contributed by atoms with van der Waals surface area (Å²) in [6.45, 7) is 4.83. The van der Waals surface area contributed by atoms with Gasteiger partial charge in [0.05, 0.1) is 18.1 Å². The predicted molar refractivity (Wildman–Crippen MR) is 97.1 cm³/mol. The van der Waals surface area contributed by atoms with Crippen molar-refractivity contribution in [1.29, 1.82) is 0 Å². The minimum Gasteiger partial charge on any atom is -0.465 e. The molecule has 0 bridgehead atoms. The number of esters is 1. The van der Waals surface area contributed by atoms with Gasteiger partial charge in [0.1, 0.15) is 0 Å². The molecule has 24 heavy (non-hydrogen) atoms. The number of hydrogen-bond donors (Lipinski definition) is 0. The van der Waals surface area contributed by atoms with Crippen molar-refractivity contribution in [3.8, 4) is 0 Å². The maximum Gasteiger partial charge on any atom is 0.315 e. The van der Waals surface area contributed by atoms with Gasteiger partial charge in [-0.2, -0.15) is 4.99 Å². The van der Waals surface area contributed by atoms with Crippen LogP contribution in [0.2, 0.25) is 0 Å². The lowest BCUT2D eigenvalue weighted by atomic mass is 10.1. The molecule has 0 atom stereocenters. The van der Waals surface area contributed by atoms with Gasteiger partial charge in [-0.1, -0.05) is 29.8 Å². The molecule has 0 radical (unpaired) electrons. The zero-order chi connectivity index (χ0) is 17.4. The third-order valence-electron chi connectivity index (χ3n) is 3.10. The van der Waals surface area contributed by atoms with E-state index >= 15 is 0 Å². The number of thioether (sulfide) groups is 1. The predicted octanol–water partition coefficient (Wildman–Crippen LogP) is 2.63. The third kappa shape index (κ3) is 5.98. The standard InChI is InChI=1S/C17H20N2O3S2/c1-3-22-16(21)12-23-11-15(20)18-17-19(8-9-24-17)10-14-6-4-13(2)5-7-14/h4-9H,3,10-12H2,1-2H3. The van der Waals surface area contributed by atoms with E-state index in [1.807, 2.05) is 16.1 Å². The second-order valence-electron chi connectivity index (χ2n) is 5.10. The van der Waals surface area contributed by atoms with Crippen molar-refractivity contribution in [1.82, 2.24) is 4.57 Å². The summed E-state index contributed by atoms with van der Waals surface area (Å²) in [6.07, 6.45) is 1.92. The maximum atomic E-state index is 12.0. The number of thiazole rings is 1. The summed E-state index contributed by atoms with van der Waals surface area (Å²) in [6, 6.07) is 8.27. The van der Waals surface area contributed by atoms with E-state index in [9.17, 15) is 9.59 Å². The average Bonchev–Trinajstić information content (AvgIpc) is 2.97. The van der Waals surface area contributed by atoms with Crippen LogP contribution in [0.5, 0.6) is 0 Å². The van der Waals surface area contributed by atoms with Gasteiger partial charge in [0.15, 0.2) is 4.80 Å². The van der Waals surface area contributed by atoms with Gasteiger partial charge < -0.3 is 9.30 Å². The van der Waals surface area contributed by atoms with E-state index < -0.39 is 0 Å². The molecule has 0 fully saturated rings. The molecule has 2 rings (SSSR count). The summed E-state index contributed by atoms with van der Waals surface area (Å²) < 4.78 is 6.77. The van der Waals surface area contributed by atoms with E-state index in [1.54, 1.807) is 6.92 Å². The number of nitrogens with zero attached hydrogens (tertiary/aromatic N) is 2. The van der Waals surface area contributed by atoms with Gasteiger partial charge in [-0.15, -0.1) is 23.1 Å².